The van der Waals surface area contributed by atoms with Gasteiger partial charge in [0.2, 0.25) is 0 Å². The molecular formula is C17H11F3N2O. The third-order valence-corrected chi connectivity index (χ3v) is 3.34. The van der Waals surface area contributed by atoms with E-state index in [1.165, 1.54) is 12.1 Å². The topological polar surface area (TPSA) is 42.0 Å². The Labute approximate surface area is 129 Å². The Morgan fingerprint density at radius 2 is 1.78 bits per heavy atom. The lowest BCUT2D eigenvalue weighted by atomic mass is 10.1. The molecule has 0 fully saturated rings. The molecule has 0 aliphatic carbocycles. The van der Waals surface area contributed by atoms with Gasteiger partial charge in [0.1, 0.15) is 0 Å². The molecule has 1 amide bonds. The van der Waals surface area contributed by atoms with Crippen molar-refractivity contribution in [1.29, 1.82) is 0 Å². The molecule has 0 unspecified atom stereocenters. The highest BCUT2D eigenvalue weighted by atomic mass is 19.4. The number of anilines is 1. The maximum absolute atomic E-state index is 12.7. The maximum atomic E-state index is 12.7. The number of halogens is 3. The lowest BCUT2D eigenvalue weighted by molar-refractivity contribution is -0.137. The fraction of sp³-hybridized carbons (Fsp3) is 0.0588. The van der Waals surface area contributed by atoms with E-state index in [0.29, 0.717) is 16.5 Å². The van der Waals surface area contributed by atoms with Gasteiger partial charge in [-0.1, -0.05) is 18.2 Å². The molecule has 0 spiro atoms. The molecule has 1 N–H and O–H groups in total. The third kappa shape index (κ3) is 3.15. The van der Waals surface area contributed by atoms with Gasteiger partial charge >= 0.3 is 6.18 Å². The summed E-state index contributed by atoms with van der Waals surface area (Å²) in [5, 5.41) is 3.13. The molecular weight excluding hydrogens is 305 g/mol. The van der Waals surface area contributed by atoms with Gasteiger partial charge in [0.15, 0.2) is 0 Å². The van der Waals surface area contributed by atoms with Crippen LogP contribution in [0.25, 0.3) is 10.9 Å². The quantitative estimate of drug-likeness (QED) is 0.756. The number of carbonyl (C=O) groups excluding carboxylic acids is 1. The Kier molecular flexibility index (Phi) is 3.73. The van der Waals surface area contributed by atoms with Gasteiger partial charge in [-0.2, -0.15) is 13.2 Å². The summed E-state index contributed by atoms with van der Waals surface area (Å²) in [4.78, 5) is 16.5. The number of rotatable bonds is 2. The van der Waals surface area contributed by atoms with Crippen molar-refractivity contribution in [3.05, 3.63) is 71.9 Å². The molecule has 0 atom stereocenters. The van der Waals surface area contributed by atoms with Gasteiger partial charge in [-0.15, -0.1) is 0 Å². The van der Waals surface area contributed by atoms with Crippen LogP contribution in [0, 0.1) is 0 Å². The van der Waals surface area contributed by atoms with Crippen molar-refractivity contribution in [2.24, 2.45) is 0 Å². The van der Waals surface area contributed by atoms with Crippen LogP contribution in [-0.4, -0.2) is 10.9 Å². The molecule has 2 aromatic carbocycles. The number of amides is 1. The molecule has 3 aromatic rings. The van der Waals surface area contributed by atoms with Crippen LogP contribution >= 0.6 is 0 Å². The number of alkyl halides is 3. The molecule has 23 heavy (non-hydrogen) atoms. The first-order chi connectivity index (χ1) is 10.9. The van der Waals surface area contributed by atoms with Crippen LogP contribution in [0.2, 0.25) is 0 Å². The predicted molar refractivity (Wildman–Crippen MR) is 81.1 cm³/mol. The highest BCUT2D eigenvalue weighted by Gasteiger charge is 2.30. The second-order valence-corrected chi connectivity index (χ2v) is 4.91. The minimum atomic E-state index is -4.45. The van der Waals surface area contributed by atoms with Gasteiger partial charge in [-0.3, -0.25) is 9.78 Å². The summed E-state index contributed by atoms with van der Waals surface area (Å²) in [6.45, 7) is 0. The van der Waals surface area contributed by atoms with Gasteiger partial charge in [0, 0.05) is 22.8 Å². The van der Waals surface area contributed by atoms with Crippen molar-refractivity contribution >= 4 is 22.5 Å². The van der Waals surface area contributed by atoms with E-state index < -0.39 is 17.6 Å². The van der Waals surface area contributed by atoms with Gasteiger partial charge in [-0.25, -0.2) is 0 Å². The number of carbonyl (C=O) groups is 1. The zero-order chi connectivity index (χ0) is 16.4. The molecule has 116 valence electrons. The van der Waals surface area contributed by atoms with Crippen molar-refractivity contribution < 1.29 is 18.0 Å². The number of benzene rings is 2. The minimum Gasteiger partial charge on any atom is -0.322 e. The second kappa shape index (κ2) is 5.72. The number of hydrogen-bond acceptors (Lipinski definition) is 2. The van der Waals surface area contributed by atoms with Crippen LogP contribution in [0.15, 0.2) is 60.8 Å². The number of aromatic nitrogens is 1. The molecule has 0 aliphatic rings. The average Bonchev–Trinajstić information content (AvgIpc) is 2.53. The monoisotopic (exact) mass is 316 g/mol. The summed E-state index contributed by atoms with van der Waals surface area (Å²) >= 11 is 0. The molecule has 6 heteroatoms. The van der Waals surface area contributed by atoms with Crippen molar-refractivity contribution in [3.8, 4) is 0 Å². The second-order valence-electron chi connectivity index (χ2n) is 4.91. The fourth-order valence-corrected chi connectivity index (χ4v) is 2.27. The Bertz CT molecular complexity index is 870. The van der Waals surface area contributed by atoms with Gasteiger partial charge in [-0.05, 0) is 36.4 Å². The number of nitrogens with one attached hydrogen (secondary N) is 1. The van der Waals surface area contributed by atoms with Gasteiger partial charge in [0.25, 0.3) is 5.91 Å². The van der Waals surface area contributed by atoms with E-state index in [4.69, 9.17) is 0 Å². The summed E-state index contributed by atoms with van der Waals surface area (Å²) in [6.07, 6.45) is -2.85. The van der Waals surface area contributed by atoms with Crippen molar-refractivity contribution in [2.75, 3.05) is 5.32 Å². The zero-order valence-corrected chi connectivity index (χ0v) is 11.8. The largest absolute Gasteiger partial charge is 0.416 e. The van der Waals surface area contributed by atoms with E-state index in [0.717, 1.165) is 12.1 Å². The fourth-order valence-electron chi connectivity index (χ4n) is 2.27. The maximum Gasteiger partial charge on any atom is 0.416 e. The molecule has 0 saturated carbocycles. The van der Waals surface area contributed by atoms with E-state index >= 15 is 0 Å². The standard InChI is InChI=1S/C17H11F3N2O/c18-17(19,20)11-4-1-5-12(10-11)22-16(23)14-6-2-8-15-13(14)7-3-9-21-15/h1-10H,(H,22,23). The minimum absolute atomic E-state index is 0.0886. The summed E-state index contributed by atoms with van der Waals surface area (Å²) in [6, 6.07) is 13.0. The summed E-state index contributed by atoms with van der Waals surface area (Å²) < 4.78 is 38.1. The van der Waals surface area contributed by atoms with E-state index in [1.807, 2.05) is 0 Å². The van der Waals surface area contributed by atoms with Crippen LogP contribution in [0.4, 0.5) is 18.9 Å². The van der Waals surface area contributed by atoms with Crippen molar-refractivity contribution in [3.63, 3.8) is 0 Å². The van der Waals surface area contributed by atoms with E-state index in [9.17, 15) is 18.0 Å². The normalized spacial score (nSPS) is 11.4. The Hall–Kier alpha value is -2.89. The SMILES string of the molecule is O=C(Nc1cccc(C(F)(F)F)c1)c1cccc2ncccc12. The summed E-state index contributed by atoms with van der Waals surface area (Å²) in [7, 11) is 0. The van der Waals surface area contributed by atoms with E-state index in [2.05, 4.69) is 10.3 Å². The first-order valence-electron chi connectivity index (χ1n) is 6.77. The summed E-state index contributed by atoms with van der Waals surface area (Å²) in [5.41, 5.74) is 0.276. The molecule has 0 aliphatic heterocycles. The molecule has 1 aromatic heterocycles. The van der Waals surface area contributed by atoms with Crippen molar-refractivity contribution in [2.45, 2.75) is 6.18 Å². The Morgan fingerprint density at radius 1 is 1.00 bits per heavy atom. The van der Waals surface area contributed by atoms with Gasteiger partial charge < -0.3 is 5.32 Å². The number of hydrogen-bond donors (Lipinski definition) is 1. The van der Waals surface area contributed by atoms with Crippen LogP contribution < -0.4 is 5.32 Å². The van der Waals surface area contributed by atoms with Crippen molar-refractivity contribution in [1.82, 2.24) is 4.98 Å². The Balaban J connectivity index is 1.93. The smallest absolute Gasteiger partial charge is 0.322 e. The molecule has 3 nitrogen and oxygen atoms in total. The molecule has 3 rings (SSSR count). The van der Waals surface area contributed by atoms with E-state index in [-0.39, 0.29) is 5.69 Å². The third-order valence-electron chi connectivity index (χ3n) is 3.34. The lowest BCUT2D eigenvalue weighted by Gasteiger charge is -2.11. The lowest BCUT2D eigenvalue weighted by Crippen LogP contribution is -2.13. The molecule has 1 heterocycles. The number of pyridine rings is 1. The van der Waals surface area contributed by atoms with E-state index in [1.54, 1.807) is 36.5 Å². The van der Waals surface area contributed by atoms with Gasteiger partial charge in [0.05, 0.1) is 11.1 Å². The Morgan fingerprint density at radius 3 is 2.57 bits per heavy atom. The highest BCUT2D eigenvalue weighted by Crippen LogP contribution is 2.30. The number of fused-ring (bicyclic) bond motifs is 1. The highest BCUT2D eigenvalue weighted by molar-refractivity contribution is 6.12. The average molecular weight is 316 g/mol. The molecule has 0 radical (unpaired) electrons. The number of nitrogens with zero attached hydrogens (tertiary/aromatic N) is 1. The van der Waals surface area contributed by atoms with Crippen LogP contribution in [0.1, 0.15) is 15.9 Å². The molecule has 0 saturated heterocycles. The molecule has 0 bridgehead atoms. The first-order valence-corrected chi connectivity index (χ1v) is 6.77. The first kappa shape index (κ1) is 15.0. The van der Waals surface area contributed by atoms with Crippen LogP contribution in [0.5, 0.6) is 0 Å². The summed E-state index contributed by atoms with van der Waals surface area (Å²) in [5.74, 6) is -0.483. The van der Waals surface area contributed by atoms with Crippen LogP contribution in [-0.2, 0) is 6.18 Å². The zero-order valence-electron chi connectivity index (χ0n) is 11.8. The predicted octanol–water partition coefficient (Wildman–Crippen LogP) is 4.51. The van der Waals surface area contributed by atoms with Crippen LogP contribution in [0.3, 0.4) is 0 Å².